The van der Waals surface area contributed by atoms with E-state index in [9.17, 15) is 14.9 Å². The molecule has 1 aliphatic rings. The normalized spacial score (nSPS) is 14.4. The molecule has 3 aromatic rings. The second kappa shape index (κ2) is 9.62. The highest BCUT2D eigenvalue weighted by molar-refractivity contribution is 5.95. The molecule has 0 saturated carbocycles. The minimum Gasteiger partial charge on any atom is -0.363 e. The van der Waals surface area contributed by atoms with Gasteiger partial charge in [-0.3, -0.25) is 19.8 Å². The van der Waals surface area contributed by atoms with Crippen LogP contribution in [-0.2, 0) is 0 Å². The molecule has 0 atom stereocenters. The summed E-state index contributed by atoms with van der Waals surface area (Å²) in [7, 11) is 1.55. The highest BCUT2D eigenvalue weighted by Gasteiger charge is 2.29. The molecule has 1 saturated heterocycles. The van der Waals surface area contributed by atoms with E-state index in [-0.39, 0.29) is 22.6 Å². The van der Waals surface area contributed by atoms with Crippen molar-refractivity contribution >= 4 is 17.3 Å². The molecular weight excluding hydrogens is 404 g/mol. The monoisotopic (exact) mass is 430 g/mol. The van der Waals surface area contributed by atoms with Gasteiger partial charge in [0.05, 0.1) is 11.0 Å². The van der Waals surface area contributed by atoms with E-state index in [0.717, 1.165) is 13.1 Å². The van der Waals surface area contributed by atoms with Crippen molar-refractivity contribution in [2.45, 2.75) is 6.04 Å². The van der Waals surface area contributed by atoms with E-state index in [0.29, 0.717) is 24.3 Å². The summed E-state index contributed by atoms with van der Waals surface area (Å²) in [5, 5.41) is 14.2. The highest BCUT2D eigenvalue weighted by atomic mass is 16.6. The molecule has 0 aromatic heterocycles. The Hall–Kier alpha value is -3.71. The van der Waals surface area contributed by atoms with Crippen LogP contribution >= 0.6 is 0 Å². The molecule has 1 N–H and O–H groups in total. The van der Waals surface area contributed by atoms with Crippen molar-refractivity contribution in [3.63, 3.8) is 0 Å². The summed E-state index contributed by atoms with van der Waals surface area (Å²) in [6.45, 7) is 2.76. The third-order valence-electron chi connectivity index (χ3n) is 5.91. The highest BCUT2D eigenvalue weighted by Crippen LogP contribution is 2.33. The topological polar surface area (TPSA) is 78.7 Å². The summed E-state index contributed by atoms with van der Waals surface area (Å²) in [6.07, 6.45) is 0. The molecule has 0 aliphatic carbocycles. The van der Waals surface area contributed by atoms with E-state index in [1.165, 1.54) is 23.3 Å². The maximum absolute atomic E-state index is 12.1. The van der Waals surface area contributed by atoms with Gasteiger partial charge < -0.3 is 10.2 Å². The number of hydrogen-bond donors (Lipinski definition) is 1. The summed E-state index contributed by atoms with van der Waals surface area (Å²) in [5.74, 6) is -0.256. The van der Waals surface area contributed by atoms with Crippen LogP contribution in [0.1, 0.15) is 27.5 Å². The fourth-order valence-electron chi connectivity index (χ4n) is 4.32. The number of nitrogens with one attached hydrogen (secondary N) is 1. The summed E-state index contributed by atoms with van der Waals surface area (Å²) in [5.41, 5.74) is 3.38. The standard InChI is InChI=1S/C25H26N4O3/c1-26-25(30)21-12-13-22(29(31)32)23(18-21)27-14-16-28(17-15-27)24(19-8-4-2-5-9-19)20-10-6-3-7-11-20/h2-13,18,24H,14-17H2,1H3,(H,26,30). The van der Waals surface area contributed by atoms with Crippen molar-refractivity contribution in [3.8, 4) is 0 Å². The smallest absolute Gasteiger partial charge is 0.292 e. The molecule has 32 heavy (non-hydrogen) atoms. The summed E-state index contributed by atoms with van der Waals surface area (Å²) in [6, 6.07) is 25.5. The molecule has 1 amide bonds. The molecule has 7 heteroatoms. The Balaban J connectivity index is 1.59. The first-order valence-corrected chi connectivity index (χ1v) is 10.7. The Morgan fingerprint density at radius 1 is 0.906 bits per heavy atom. The minimum atomic E-state index is -0.383. The van der Waals surface area contributed by atoms with Crippen LogP contribution < -0.4 is 10.2 Å². The number of piperazine rings is 1. The molecule has 7 nitrogen and oxygen atoms in total. The number of nitrogens with zero attached hydrogens (tertiary/aromatic N) is 3. The van der Waals surface area contributed by atoms with E-state index in [1.54, 1.807) is 13.1 Å². The Morgan fingerprint density at radius 3 is 1.97 bits per heavy atom. The first-order chi connectivity index (χ1) is 15.6. The van der Waals surface area contributed by atoms with Gasteiger partial charge in [0.25, 0.3) is 11.6 Å². The lowest BCUT2D eigenvalue weighted by atomic mass is 9.96. The zero-order valence-corrected chi connectivity index (χ0v) is 18.0. The van der Waals surface area contributed by atoms with Crippen LogP contribution in [0.25, 0.3) is 0 Å². The van der Waals surface area contributed by atoms with Crippen LogP contribution in [0.4, 0.5) is 11.4 Å². The number of nitro benzene ring substituents is 1. The molecule has 164 valence electrons. The Labute approximate surface area is 187 Å². The third kappa shape index (κ3) is 4.48. The van der Waals surface area contributed by atoms with Gasteiger partial charge in [0.1, 0.15) is 5.69 Å². The maximum Gasteiger partial charge on any atom is 0.292 e. The fraction of sp³-hybridized carbons (Fsp3) is 0.240. The van der Waals surface area contributed by atoms with E-state index in [1.807, 2.05) is 17.0 Å². The van der Waals surface area contributed by atoms with E-state index in [4.69, 9.17) is 0 Å². The lowest BCUT2D eigenvalue weighted by Gasteiger charge is -2.40. The zero-order chi connectivity index (χ0) is 22.5. The molecule has 1 fully saturated rings. The second-order valence-electron chi connectivity index (χ2n) is 7.79. The van der Waals surface area contributed by atoms with Gasteiger partial charge in [0.15, 0.2) is 0 Å². The molecule has 4 rings (SSSR count). The van der Waals surface area contributed by atoms with Crippen molar-refractivity contribution in [2.24, 2.45) is 0 Å². The number of rotatable bonds is 6. The first kappa shape index (κ1) is 21.5. The van der Waals surface area contributed by atoms with Crippen LogP contribution in [0.5, 0.6) is 0 Å². The molecule has 1 aliphatic heterocycles. The minimum absolute atomic E-state index is 0.0220. The van der Waals surface area contributed by atoms with Gasteiger partial charge in [-0.15, -0.1) is 0 Å². The average molecular weight is 431 g/mol. The van der Waals surface area contributed by atoms with Crippen molar-refractivity contribution < 1.29 is 9.72 Å². The van der Waals surface area contributed by atoms with Gasteiger partial charge in [0, 0.05) is 44.9 Å². The van der Waals surface area contributed by atoms with Crippen LogP contribution in [0, 0.1) is 10.1 Å². The predicted octanol–water partition coefficient (Wildman–Crippen LogP) is 3.87. The van der Waals surface area contributed by atoms with Crippen LogP contribution in [0.15, 0.2) is 78.9 Å². The molecule has 3 aromatic carbocycles. The molecule has 0 bridgehead atoms. The van der Waals surface area contributed by atoms with Crippen LogP contribution in [-0.4, -0.2) is 49.0 Å². The van der Waals surface area contributed by atoms with Gasteiger partial charge in [-0.25, -0.2) is 0 Å². The molecule has 0 radical (unpaired) electrons. The summed E-state index contributed by atoms with van der Waals surface area (Å²) >= 11 is 0. The number of benzene rings is 3. The number of hydrogen-bond acceptors (Lipinski definition) is 5. The second-order valence-corrected chi connectivity index (χ2v) is 7.79. The number of amides is 1. The number of nitro groups is 1. The lowest BCUT2D eigenvalue weighted by molar-refractivity contribution is -0.384. The average Bonchev–Trinajstić information content (AvgIpc) is 2.85. The predicted molar refractivity (Wildman–Crippen MR) is 125 cm³/mol. The zero-order valence-electron chi connectivity index (χ0n) is 18.0. The fourth-order valence-corrected chi connectivity index (χ4v) is 4.32. The van der Waals surface area contributed by atoms with Gasteiger partial charge >= 0.3 is 0 Å². The first-order valence-electron chi connectivity index (χ1n) is 10.7. The quantitative estimate of drug-likeness (QED) is 0.475. The Kier molecular flexibility index (Phi) is 6.47. The van der Waals surface area contributed by atoms with Crippen molar-refractivity contribution in [1.29, 1.82) is 0 Å². The Morgan fingerprint density at radius 2 is 1.47 bits per heavy atom. The third-order valence-corrected chi connectivity index (χ3v) is 5.91. The van der Waals surface area contributed by atoms with Gasteiger partial charge in [-0.1, -0.05) is 60.7 Å². The molecule has 0 spiro atoms. The van der Waals surface area contributed by atoms with E-state index in [2.05, 4.69) is 58.7 Å². The molecule has 0 unspecified atom stereocenters. The largest absolute Gasteiger partial charge is 0.363 e. The van der Waals surface area contributed by atoms with E-state index >= 15 is 0 Å². The van der Waals surface area contributed by atoms with Gasteiger partial charge in [-0.05, 0) is 23.3 Å². The number of carbonyl (C=O) groups is 1. The SMILES string of the molecule is CNC(=O)c1ccc([N+](=O)[O-])c(N2CCN(C(c3ccccc3)c3ccccc3)CC2)c1. The molecule has 1 heterocycles. The lowest BCUT2D eigenvalue weighted by Crippen LogP contribution is -2.48. The van der Waals surface area contributed by atoms with Gasteiger partial charge in [0.2, 0.25) is 0 Å². The Bertz CT molecular complexity index is 1040. The van der Waals surface area contributed by atoms with Crippen LogP contribution in [0.3, 0.4) is 0 Å². The maximum atomic E-state index is 12.1. The van der Waals surface area contributed by atoms with Crippen LogP contribution in [0.2, 0.25) is 0 Å². The van der Waals surface area contributed by atoms with Crippen molar-refractivity contribution in [2.75, 3.05) is 38.1 Å². The van der Waals surface area contributed by atoms with Gasteiger partial charge in [-0.2, -0.15) is 0 Å². The summed E-state index contributed by atoms with van der Waals surface area (Å²) in [4.78, 5) is 27.7. The number of carbonyl (C=O) groups excluding carboxylic acids is 1. The van der Waals surface area contributed by atoms with Crippen molar-refractivity contribution in [3.05, 3.63) is 106 Å². The van der Waals surface area contributed by atoms with Crippen molar-refractivity contribution in [1.82, 2.24) is 10.2 Å². The van der Waals surface area contributed by atoms with E-state index < -0.39 is 0 Å². The number of anilines is 1. The molecular formula is C25H26N4O3. The summed E-state index contributed by atoms with van der Waals surface area (Å²) < 4.78 is 0.